The number of carbonyl (C=O) groups is 1. The monoisotopic (exact) mass is 820 g/mol. The van der Waals surface area contributed by atoms with Gasteiger partial charge in [-0.2, -0.15) is 9.97 Å². The lowest BCUT2D eigenvalue weighted by atomic mass is 10.3. The third-order valence-corrected chi connectivity index (χ3v) is 8.63. The van der Waals surface area contributed by atoms with Gasteiger partial charge in [-0.05, 0) is 49.2 Å². The molecule has 5 aromatic rings. The van der Waals surface area contributed by atoms with Gasteiger partial charge in [0.2, 0.25) is 11.9 Å². The van der Waals surface area contributed by atoms with E-state index in [1.165, 1.54) is 61.0 Å². The van der Waals surface area contributed by atoms with E-state index in [1.54, 1.807) is 25.8 Å². The predicted octanol–water partition coefficient (Wildman–Crippen LogP) is 7.47. The lowest BCUT2D eigenvalue weighted by Crippen LogP contribution is -2.17. The zero-order chi connectivity index (χ0) is 39.0. The number of anilines is 6. The molecule has 0 spiro atoms. The first-order chi connectivity index (χ1) is 26.0. The van der Waals surface area contributed by atoms with Crippen molar-refractivity contribution in [1.29, 1.82) is 0 Å². The van der Waals surface area contributed by atoms with Crippen LogP contribution in [0.2, 0.25) is 10.0 Å². The second-order valence-corrected chi connectivity index (χ2v) is 13.0. The minimum atomic E-state index is -0.514. The van der Waals surface area contributed by atoms with E-state index in [9.17, 15) is 13.6 Å². The summed E-state index contributed by atoms with van der Waals surface area (Å²) in [4.78, 5) is 33.6. The molecular formula is C34H36Cl2F2N10O4S2. The van der Waals surface area contributed by atoms with Crippen molar-refractivity contribution in [2.45, 2.75) is 12.8 Å². The molecule has 0 saturated carbocycles. The van der Waals surface area contributed by atoms with Crippen molar-refractivity contribution in [1.82, 2.24) is 24.9 Å². The van der Waals surface area contributed by atoms with Crippen molar-refractivity contribution in [3.63, 3.8) is 0 Å². The van der Waals surface area contributed by atoms with Gasteiger partial charge in [-0.25, -0.2) is 28.5 Å². The first-order valence-corrected chi connectivity index (χ1v) is 18.0. The molecule has 3 heterocycles. The Morgan fingerprint density at radius 3 is 1.89 bits per heavy atom. The van der Waals surface area contributed by atoms with Crippen molar-refractivity contribution in [3.8, 4) is 10.6 Å². The highest BCUT2D eigenvalue weighted by atomic mass is 35.5. The van der Waals surface area contributed by atoms with Crippen LogP contribution in [0.5, 0.6) is 0 Å². The maximum Gasteiger partial charge on any atom is 0.357 e. The number of hydrogen-bond donors (Lipinski definition) is 5. The highest BCUT2D eigenvalue weighted by molar-refractivity contribution is 7.80. The number of nitrogens with zero attached hydrogens (tertiary/aromatic N) is 5. The molecule has 286 valence electrons. The van der Waals surface area contributed by atoms with Gasteiger partial charge < -0.3 is 41.2 Å². The molecule has 2 aromatic carbocycles. The van der Waals surface area contributed by atoms with E-state index in [4.69, 9.17) is 55.4 Å². The Morgan fingerprint density at radius 1 is 0.833 bits per heavy atom. The molecule has 5 rings (SSSR count). The van der Waals surface area contributed by atoms with Gasteiger partial charge in [-0.15, -0.1) is 11.3 Å². The number of thiocarbonyl (C=S) groups is 1. The number of ether oxygens (including phenoxy) is 3. The van der Waals surface area contributed by atoms with Gasteiger partial charge in [-0.3, -0.25) is 0 Å². The van der Waals surface area contributed by atoms with Gasteiger partial charge in [0.1, 0.15) is 33.3 Å². The van der Waals surface area contributed by atoms with Crippen LogP contribution in [0, 0.1) is 11.6 Å². The molecule has 14 nitrogen and oxygen atoms in total. The van der Waals surface area contributed by atoms with Crippen LogP contribution in [0.15, 0.2) is 54.2 Å². The fourth-order valence-corrected chi connectivity index (χ4v) is 5.65. The minimum absolute atomic E-state index is 0.00680. The van der Waals surface area contributed by atoms with Crippen LogP contribution >= 0.6 is 46.8 Å². The van der Waals surface area contributed by atoms with Crippen LogP contribution in [0.1, 0.15) is 28.9 Å². The first-order valence-electron chi connectivity index (χ1n) is 16.0. The number of nitrogens with one attached hydrogen (secondary N) is 4. The summed E-state index contributed by atoms with van der Waals surface area (Å²) in [6.07, 6.45) is 4.69. The lowest BCUT2D eigenvalue weighted by Gasteiger charge is -2.12. The second-order valence-electron chi connectivity index (χ2n) is 10.9. The van der Waals surface area contributed by atoms with Crippen LogP contribution in [0.4, 0.5) is 43.7 Å². The molecule has 0 atom stereocenters. The molecule has 3 aromatic heterocycles. The maximum absolute atomic E-state index is 13.4. The number of thiazole rings is 1. The van der Waals surface area contributed by atoms with E-state index in [2.05, 4.69) is 46.2 Å². The normalized spacial score (nSPS) is 10.6. The summed E-state index contributed by atoms with van der Waals surface area (Å²) in [5, 5.41) is 14.5. The first kappa shape index (κ1) is 41.9. The number of aromatic nitrogens is 5. The van der Waals surface area contributed by atoms with Crippen LogP contribution in [-0.4, -0.2) is 83.5 Å². The van der Waals surface area contributed by atoms with Crippen LogP contribution in [-0.2, 0) is 14.2 Å². The zero-order valence-corrected chi connectivity index (χ0v) is 32.4. The van der Waals surface area contributed by atoms with Gasteiger partial charge >= 0.3 is 5.97 Å². The van der Waals surface area contributed by atoms with Crippen molar-refractivity contribution < 1.29 is 27.8 Å². The van der Waals surface area contributed by atoms with Gasteiger partial charge in [0, 0.05) is 69.7 Å². The summed E-state index contributed by atoms with van der Waals surface area (Å²) in [5.41, 5.74) is 8.19. The molecule has 0 saturated heterocycles. The molecule has 54 heavy (non-hydrogen) atoms. The van der Waals surface area contributed by atoms with Crippen molar-refractivity contribution in [2.24, 2.45) is 5.73 Å². The molecule has 0 fully saturated rings. The van der Waals surface area contributed by atoms with E-state index < -0.39 is 17.6 Å². The largest absolute Gasteiger partial charge is 0.464 e. The number of rotatable bonds is 17. The summed E-state index contributed by atoms with van der Waals surface area (Å²) in [6, 6.07) is 8.49. The van der Waals surface area contributed by atoms with Crippen molar-refractivity contribution in [2.75, 3.05) is 68.9 Å². The van der Waals surface area contributed by atoms with E-state index >= 15 is 0 Å². The molecular weight excluding hydrogens is 785 g/mol. The van der Waals surface area contributed by atoms with Gasteiger partial charge in [0.25, 0.3) is 0 Å². The average Bonchev–Trinajstić information content (AvgIpc) is 3.65. The van der Waals surface area contributed by atoms with E-state index in [0.717, 1.165) is 12.8 Å². The standard InChI is InChI=1S/C19H19ClFN5O3S.C15H17ClFN5OS/c1-28-7-3-6-22-16-12(17-25-15(10-30-17)18(27)29-2)9-23-19(26-16)24-11-4-5-14(21)13(20)8-11;1-23-6-2-5-19-14-10(13(18)24)8-20-15(22-14)21-9-3-4-12(17)11(16)7-9/h4-5,8-10H,3,6-7H2,1-2H3,(H2,22,23,24,26);3-4,7-8H,2,5-6H2,1H3,(H2,18,24)(H2,19,20,21,22). The Balaban J connectivity index is 0.000000247. The van der Waals surface area contributed by atoms with Gasteiger partial charge in [0.05, 0.1) is 28.3 Å². The number of hydrogen-bond acceptors (Lipinski definition) is 15. The topological polar surface area (TPSA) is 183 Å². The molecule has 0 bridgehead atoms. The van der Waals surface area contributed by atoms with Crippen molar-refractivity contribution >= 4 is 92.6 Å². The predicted molar refractivity (Wildman–Crippen MR) is 212 cm³/mol. The molecule has 6 N–H and O–H groups in total. The number of carbonyl (C=O) groups excluding carboxylic acids is 1. The average molecular weight is 822 g/mol. The van der Waals surface area contributed by atoms with Crippen molar-refractivity contribution in [3.05, 3.63) is 87.1 Å². The third-order valence-electron chi connectivity index (χ3n) is 6.96. The molecule has 0 radical (unpaired) electrons. The zero-order valence-electron chi connectivity index (χ0n) is 29.2. The van der Waals surface area contributed by atoms with E-state index in [-0.39, 0.29) is 20.7 Å². The van der Waals surface area contributed by atoms with Crippen LogP contribution in [0.3, 0.4) is 0 Å². The number of nitrogens with two attached hydrogens (primary N) is 1. The van der Waals surface area contributed by atoms with Gasteiger partial charge in [-0.1, -0.05) is 35.4 Å². The molecule has 0 unspecified atom stereocenters. The Kier molecular flexibility index (Phi) is 16.4. The van der Waals surface area contributed by atoms with E-state index in [1.807, 2.05) is 0 Å². The van der Waals surface area contributed by atoms with E-state index in [0.29, 0.717) is 77.3 Å². The fourth-order valence-electron chi connectivity index (χ4n) is 4.34. The Bertz CT molecular complexity index is 2050. The quantitative estimate of drug-likeness (QED) is 0.0354. The summed E-state index contributed by atoms with van der Waals surface area (Å²) in [5.74, 6) is 0.135. The maximum atomic E-state index is 13.4. The lowest BCUT2D eigenvalue weighted by molar-refractivity contribution is 0.0595. The highest BCUT2D eigenvalue weighted by Gasteiger charge is 2.17. The third kappa shape index (κ3) is 12.4. The Hall–Kier alpha value is -4.85. The highest BCUT2D eigenvalue weighted by Crippen LogP contribution is 2.31. The number of methoxy groups -OCH3 is 3. The Labute approximate surface area is 329 Å². The van der Waals surface area contributed by atoms with Gasteiger partial charge in [0.15, 0.2) is 5.69 Å². The summed E-state index contributed by atoms with van der Waals surface area (Å²) in [7, 11) is 4.58. The summed E-state index contributed by atoms with van der Waals surface area (Å²) < 4.78 is 41.4. The minimum Gasteiger partial charge on any atom is -0.464 e. The second kappa shape index (κ2) is 21.1. The molecule has 0 aliphatic rings. The summed E-state index contributed by atoms with van der Waals surface area (Å²) >= 11 is 17.9. The smallest absolute Gasteiger partial charge is 0.357 e. The molecule has 0 amide bonds. The fraction of sp³-hybridized carbons (Fsp3) is 0.265. The van der Waals surface area contributed by atoms with Crippen LogP contribution < -0.4 is 27.0 Å². The molecule has 20 heteroatoms. The summed E-state index contributed by atoms with van der Waals surface area (Å²) in [6.45, 7) is 2.47. The molecule has 0 aliphatic carbocycles. The Morgan fingerprint density at radius 2 is 1.37 bits per heavy atom. The van der Waals surface area contributed by atoms with Crippen LogP contribution in [0.25, 0.3) is 10.6 Å². The number of esters is 1. The number of benzene rings is 2. The molecule has 0 aliphatic heterocycles. The number of halogens is 4. The SMILES string of the molecule is COCCCNc1nc(Nc2ccc(F)c(Cl)c2)ncc1-c1nc(C(=O)OC)cs1.COCCCNc1nc(Nc2ccc(F)c(Cl)c2)ncc1C(N)=S.